The fraction of sp³-hybridized carbons (Fsp3) is 0.750. The minimum atomic E-state index is -1.01. The van der Waals surface area contributed by atoms with Crippen molar-refractivity contribution >= 4 is 17.9 Å². The fourth-order valence-corrected chi connectivity index (χ4v) is 3.10. The van der Waals surface area contributed by atoms with Crippen molar-refractivity contribution in [2.75, 3.05) is 19.6 Å². The highest BCUT2D eigenvalue weighted by Gasteiger charge is 2.31. The Morgan fingerprint density at radius 3 is 2.54 bits per heavy atom. The number of hydrogen-bond donors (Lipinski definition) is 3. The highest BCUT2D eigenvalue weighted by molar-refractivity contribution is 5.88. The topological polar surface area (TPSA) is 108 Å². The molecule has 0 aromatic rings. The summed E-state index contributed by atoms with van der Waals surface area (Å²) < 4.78 is 5.28. The molecule has 1 heterocycles. The molecule has 1 unspecified atom stereocenters. The minimum absolute atomic E-state index is 0.0121. The highest BCUT2D eigenvalue weighted by atomic mass is 16.6. The van der Waals surface area contributed by atoms with Crippen molar-refractivity contribution in [2.24, 2.45) is 11.8 Å². The van der Waals surface area contributed by atoms with E-state index < -0.39 is 23.8 Å². The summed E-state index contributed by atoms with van der Waals surface area (Å²) in [6.45, 7) is 13.5. The van der Waals surface area contributed by atoms with Crippen molar-refractivity contribution in [3.8, 4) is 0 Å². The van der Waals surface area contributed by atoms with Crippen LogP contribution < -0.4 is 10.6 Å². The quantitative estimate of drug-likeness (QED) is 0.510. The Balaban J connectivity index is 2.83. The summed E-state index contributed by atoms with van der Waals surface area (Å²) in [5.41, 5.74) is -0.655. The van der Waals surface area contributed by atoms with Crippen molar-refractivity contribution in [1.29, 1.82) is 0 Å². The molecule has 1 rings (SSSR count). The minimum Gasteiger partial charge on any atom is -0.444 e. The van der Waals surface area contributed by atoms with Crippen molar-refractivity contribution < 1.29 is 24.2 Å². The monoisotopic (exact) mass is 397 g/mol. The first-order valence-corrected chi connectivity index (χ1v) is 9.79. The average Bonchev–Trinajstić information content (AvgIpc) is 2.95. The molecule has 1 aliphatic rings. The highest BCUT2D eigenvalue weighted by Crippen LogP contribution is 2.16. The lowest BCUT2D eigenvalue weighted by Gasteiger charge is -2.32. The summed E-state index contributed by atoms with van der Waals surface area (Å²) in [5.74, 6) is -0.557. The molecular formula is C20H35N3O5. The summed E-state index contributed by atoms with van der Waals surface area (Å²) in [7, 11) is 0. The van der Waals surface area contributed by atoms with E-state index >= 15 is 0 Å². The van der Waals surface area contributed by atoms with Gasteiger partial charge in [0, 0.05) is 19.6 Å². The summed E-state index contributed by atoms with van der Waals surface area (Å²) in [6.07, 6.45) is 0.692. The van der Waals surface area contributed by atoms with E-state index in [1.807, 2.05) is 13.8 Å². The van der Waals surface area contributed by atoms with E-state index in [1.54, 1.807) is 20.8 Å². The Hall–Kier alpha value is -2.09. The van der Waals surface area contributed by atoms with Gasteiger partial charge in [-0.3, -0.25) is 9.59 Å². The number of aliphatic hydroxyl groups excluding tert-OH is 1. The molecule has 0 aliphatic carbocycles. The number of nitrogens with one attached hydrogen (secondary N) is 2. The molecule has 0 bridgehead atoms. The number of carbonyl (C=O) groups is 3. The van der Waals surface area contributed by atoms with E-state index in [0.717, 1.165) is 0 Å². The second kappa shape index (κ2) is 10.5. The molecule has 0 radical (unpaired) electrons. The number of amides is 3. The second-order valence-corrected chi connectivity index (χ2v) is 8.67. The zero-order chi connectivity index (χ0) is 21.5. The normalized spacial score (nSPS) is 19.0. The Morgan fingerprint density at radius 1 is 1.43 bits per heavy atom. The maximum atomic E-state index is 12.2. The van der Waals surface area contributed by atoms with Gasteiger partial charge in [-0.15, -0.1) is 0 Å². The van der Waals surface area contributed by atoms with Gasteiger partial charge in [-0.2, -0.15) is 0 Å². The van der Waals surface area contributed by atoms with Gasteiger partial charge in [0.05, 0.1) is 18.1 Å². The Bertz CT molecular complexity index is 571. The molecule has 1 saturated heterocycles. The standard InChI is InChI=1S/C20H35N3O5/c1-7-17(25)23(11-14-8-9-21-18(14)26)12-16(24)15(10-13(2)3)22-19(27)28-20(4,5)6/h7,13-16,24H,1,8-12H2,2-6H3,(H,21,26)(H,22,27)/t14-,15-,16?/m0/s1. The number of rotatable bonds is 9. The second-order valence-electron chi connectivity index (χ2n) is 8.67. The van der Waals surface area contributed by atoms with Crippen LogP contribution in [0, 0.1) is 11.8 Å². The number of aliphatic hydroxyl groups is 1. The zero-order valence-corrected chi connectivity index (χ0v) is 17.7. The van der Waals surface area contributed by atoms with E-state index in [-0.39, 0.29) is 36.7 Å². The van der Waals surface area contributed by atoms with E-state index in [0.29, 0.717) is 19.4 Å². The van der Waals surface area contributed by atoms with Crippen LogP contribution in [0.5, 0.6) is 0 Å². The van der Waals surface area contributed by atoms with E-state index in [1.165, 1.54) is 11.0 Å². The van der Waals surface area contributed by atoms with Crippen LogP contribution in [0.15, 0.2) is 12.7 Å². The number of carbonyl (C=O) groups excluding carboxylic acids is 3. The van der Waals surface area contributed by atoms with Crippen LogP contribution in [0.25, 0.3) is 0 Å². The number of hydrogen-bond acceptors (Lipinski definition) is 5. The van der Waals surface area contributed by atoms with Crippen LogP contribution in [0.2, 0.25) is 0 Å². The van der Waals surface area contributed by atoms with Gasteiger partial charge in [0.25, 0.3) is 0 Å². The first-order valence-electron chi connectivity index (χ1n) is 9.79. The predicted molar refractivity (Wildman–Crippen MR) is 107 cm³/mol. The molecule has 3 atom stereocenters. The fourth-order valence-electron chi connectivity index (χ4n) is 3.10. The van der Waals surface area contributed by atoms with Gasteiger partial charge < -0.3 is 25.4 Å². The smallest absolute Gasteiger partial charge is 0.407 e. The third kappa shape index (κ3) is 8.29. The summed E-state index contributed by atoms with van der Waals surface area (Å²) >= 11 is 0. The largest absolute Gasteiger partial charge is 0.444 e. The van der Waals surface area contributed by atoms with Crippen LogP contribution in [-0.4, -0.2) is 65.3 Å². The Kier molecular flexibility index (Phi) is 8.94. The van der Waals surface area contributed by atoms with Crippen molar-refractivity contribution in [3.63, 3.8) is 0 Å². The molecular weight excluding hydrogens is 362 g/mol. The third-order valence-electron chi connectivity index (χ3n) is 4.39. The Labute approximate surface area is 167 Å². The van der Waals surface area contributed by atoms with Crippen LogP contribution >= 0.6 is 0 Å². The summed E-state index contributed by atoms with van der Waals surface area (Å²) in [6, 6.07) is -0.590. The van der Waals surface area contributed by atoms with E-state index in [2.05, 4.69) is 17.2 Å². The van der Waals surface area contributed by atoms with E-state index in [9.17, 15) is 19.5 Å². The molecule has 3 N–H and O–H groups in total. The summed E-state index contributed by atoms with van der Waals surface area (Å²) in [5, 5.41) is 16.2. The lowest BCUT2D eigenvalue weighted by molar-refractivity contribution is -0.130. The average molecular weight is 398 g/mol. The first kappa shape index (κ1) is 23.9. The molecule has 160 valence electrons. The lowest BCUT2D eigenvalue weighted by Crippen LogP contribution is -2.51. The number of alkyl carbamates (subject to hydrolysis) is 1. The summed E-state index contributed by atoms with van der Waals surface area (Å²) in [4.78, 5) is 37.7. The van der Waals surface area contributed by atoms with Gasteiger partial charge in [0.1, 0.15) is 5.60 Å². The van der Waals surface area contributed by atoms with Gasteiger partial charge in [-0.05, 0) is 45.6 Å². The van der Waals surface area contributed by atoms with E-state index in [4.69, 9.17) is 4.74 Å². The molecule has 1 aliphatic heterocycles. The molecule has 28 heavy (non-hydrogen) atoms. The molecule has 8 heteroatoms. The lowest BCUT2D eigenvalue weighted by atomic mass is 9.98. The van der Waals surface area contributed by atoms with Gasteiger partial charge in [0.2, 0.25) is 11.8 Å². The molecule has 8 nitrogen and oxygen atoms in total. The third-order valence-corrected chi connectivity index (χ3v) is 4.39. The molecule has 0 aromatic carbocycles. The number of ether oxygens (including phenoxy) is 1. The van der Waals surface area contributed by atoms with Crippen LogP contribution in [0.3, 0.4) is 0 Å². The number of nitrogens with zero attached hydrogens (tertiary/aromatic N) is 1. The molecule has 3 amide bonds. The predicted octanol–water partition coefficient (Wildman–Crippen LogP) is 1.44. The molecule has 0 saturated carbocycles. The zero-order valence-electron chi connectivity index (χ0n) is 17.7. The van der Waals surface area contributed by atoms with Crippen LogP contribution in [-0.2, 0) is 14.3 Å². The molecule has 1 fully saturated rings. The van der Waals surface area contributed by atoms with Gasteiger partial charge >= 0.3 is 6.09 Å². The van der Waals surface area contributed by atoms with Crippen LogP contribution in [0.1, 0.15) is 47.5 Å². The molecule has 0 spiro atoms. The van der Waals surface area contributed by atoms with Gasteiger partial charge in [-0.1, -0.05) is 20.4 Å². The first-order chi connectivity index (χ1) is 12.9. The van der Waals surface area contributed by atoms with Crippen molar-refractivity contribution in [2.45, 2.75) is 65.2 Å². The van der Waals surface area contributed by atoms with Gasteiger partial charge in [-0.25, -0.2) is 4.79 Å². The van der Waals surface area contributed by atoms with Crippen LogP contribution in [0.4, 0.5) is 4.79 Å². The van der Waals surface area contributed by atoms with Gasteiger partial charge in [0.15, 0.2) is 0 Å². The Morgan fingerprint density at radius 2 is 2.07 bits per heavy atom. The SMILES string of the molecule is C=CC(=O)N(CC(O)[C@H](CC(C)C)NC(=O)OC(C)(C)C)C[C@@H]1CCNC1=O. The maximum Gasteiger partial charge on any atom is 0.407 e. The maximum absolute atomic E-state index is 12.2. The van der Waals surface area contributed by atoms with Crippen molar-refractivity contribution in [1.82, 2.24) is 15.5 Å². The van der Waals surface area contributed by atoms with Crippen molar-refractivity contribution in [3.05, 3.63) is 12.7 Å². The molecule has 0 aromatic heterocycles.